The molecule has 0 saturated carbocycles. The van der Waals surface area contributed by atoms with Crippen molar-refractivity contribution in [1.82, 2.24) is 10.2 Å². The molecule has 2 rings (SSSR count). The summed E-state index contributed by atoms with van der Waals surface area (Å²) in [5.74, 6) is 1.30. The molecule has 0 radical (unpaired) electrons. The quantitative estimate of drug-likeness (QED) is 0.811. The Morgan fingerprint density at radius 2 is 1.91 bits per heavy atom. The molecule has 0 bridgehead atoms. The van der Waals surface area contributed by atoms with Crippen molar-refractivity contribution in [2.45, 2.75) is 13.0 Å². The highest BCUT2D eigenvalue weighted by Crippen LogP contribution is 2.18. The summed E-state index contributed by atoms with van der Waals surface area (Å²) in [6.07, 6.45) is -0.530. The minimum absolute atomic E-state index is 0.107. The first-order valence-electron chi connectivity index (χ1n) is 7.57. The fraction of sp³-hybridized carbons (Fsp3) is 0.562. The number of carbonyl (C=O) groups is 1. The summed E-state index contributed by atoms with van der Waals surface area (Å²) in [4.78, 5) is 14.3. The molecule has 122 valence electrons. The predicted molar refractivity (Wildman–Crippen MR) is 83.4 cm³/mol. The first-order valence-corrected chi connectivity index (χ1v) is 7.57. The van der Waals surface area contributed by atoms with Crippen molar-refractivity contribution in [3.63, 3.8) is 0 Å². The minimum Gasteiger partial charge on any atom is -0.497 e. The number of carbonyl (C=O) groups excluding carboxylic acids is 1. The fourth-order valence-corrected chi connectivity index (χ4v) is 2.22. The highest BCUT2D eigenvalue weighted by molar-refractivity contribution is 5.80. The Bertz CT molecular complexity index is 458. The molecule has 22 heavy (non-hydrogen) atoms. The average Bonchev–Trinajstić information content (AvgIpc) is 2.56. The number of methoxy groups -OCH3 is 1. The van der Waals surface area contributed by atoms with E-state index < -0.39 is 6.10 Å². The molecular weight excluding hydrogens is 284 g/mol. The normalized spacial score (nSPS) is 16.8. The summed E-state index contributed by atoms with van der Waals surface area (Å²) >= 11 is 0. The fourth-order valence-electron chi connectivity index (χ4n) is 2.22. The van der Waals surface area contributed by atoms with Gasteiger partial charge in [0.25, 0.3) is 5.91 Å². The maximum absolute atomic E-state index is 12.0. The Hall–Kier alpha value is -1.79. The van der Waals surface area contributed by atoms with Crippen LogP contribution in [0.4, 0.5) is 0 Å². The van der Waals surface area contributed by atoms with Crippen LogP contribution in [0.25, 0.3) is 0 Å². The maximum Gasteiger partial charge on any atom is 0.260 e. The minimum atomic E-state index is -0.530. The van der Waals surface area contributed by atoms with Gasteiger partial charge in [-0.25, -0.2) is 0 Å². The second-order valence-electron chi connectivity index (χ2n) is 5.18. The Morgan fingerprint density at radius 1 is 1.27 bits per heavy atom. The Morgan fingerprint density at radius 3 is 2.55 bits per heavy atom. The summed E-state index contributed by atoms with van der Waals surface area (Å²) < 4.78 is 16.0. The molecule has 6 nitrogen and oxygen atoms in total. The smallest absolute Gasteiger partial charge is 0.260 e. The van der Waals surface area contributed by atoms with Crippen molar-refractivity contribution in [3.05, 3.63) is 24.3 Å². The van der Waals surface area contributed by atoms with E-state index in [9.17, 15) is 4.79 Å². The highest BCUT2D eigenvalue weighted by Gasteiger charge is 2.15. The van der Waals surface area contributed by atoms with Crippen LogP contribution in [-0.2, 0) is 9.53 Å². The second-order valence-corrected chi connectivity index (χ2v) is 5.18. The molecule has 1 saturated heterocycles. The first kappa shape index (κ1) is 16.6. The highest BCUT2D eigenvalue weighted by atomic mass is 16.5. The molecule has 1 fully saturated rings. The topological polar surface area (TPSA) is 60.0 Å². The van der Waals surface area contributed by atoms with E-state index in [4.69, 9.17) is 14.2 Å². The number of hydrogen-bond acceptors (Lipinski definition) is 5. The monoisotopic (exact) mass is 308 g/mol. The third-order valence-corrected chi connectivity index (χ3v) is 3.57. The molecule has 0 aliphatic carbocycles. The lowest BCUT2D eigenvalue weighted by Crippen LogP contribution is -2.43. The molecule has 1 aliphatic rings. The van der Waals surface area contributed by atoms with E-state index in [1.54, 1.807) is 38.3 Å². The summed E-state index contributed by atoms with van der Waals surface area (Å²) in [6.45, 7) is 6.59. The van der Waals surface area contributed by atoms with Gasteiger partial charge >= 0.3 is 0 Å². The molecule has 1 aliphatic heterocycles. The summed E-state index contributed by atoms with van der Waals surface area (Å²) in [6, 6.07) is 7.18. The number of ether oxygens (including phenoxy) is 3. The van der Waals surface area contributed by atoms with E-state index >= 15 is 0 Å². The van der Waals surface area contributed by atoms with Crippen LogP contribution in [0.3, 0.4) is 0 Å². The van der Waals surface area contributed by atoms with E-state index in [1.807, 2.05) is 0 Å². The first-order chi connectivity index (χ1) is 10.7. The third-order valence-electron chi connectivity index (χ3n) is 3.57. The zero-order chi connectivity index (χ0) is 15.8. The Labute approximate surface area is 131 Å². The van der Waals surface area contributed by atoms with Gasteiger partial charge in [0.05, 0.1) is 20.3 Å². The van der Waals surface area contributed by atoms with Crippen molar-refractivity contribution in [2.75, 3.05) is 46.5 Å². The molecule has 0 aromatic heterocycles. The number of morpholine rings is 1. The molecule has 6 heteroatoms. The lowest BCUT2D eigenvalue weighted by molar-refractivity contribution is -0.127. The van der Waals surface area contributed by atoms with Gasteiger partial charge in [-0.05, 0) is 31.2 Å². The van der Waals surface area contributed by atoms with Crippen molar-refractivity contribution < 1.29 is 19.0 Å². The van der Waals surface area contributed by atoms with Crippen molar-refractivity contribution in [2.24, 2.45) is 0 Å². The number of benzene rings is 1. The SMILES string of the molecule is COc1ccc(O[C@@H](C)C(=O)NCCN2CCOCC2)cc1. The average molecular weight is 308 g/mol. The summed E-state index contributed by atoms with van der Waals surface area (Å²) in [7, 11) is 1.61. The van der Waals surface area contributed by atoms with Crippen LogP contribution in [0.2, 0.25) is 0 Å². The third kappa shape index (κ3) is 5.20. The van der Waals surface area contributed by atoms with Gasteiger partial charge in [0.2, 0.25) is 0 Å². The van der Waals surface area contributed by atoms with E-state index in [-0.39, 0.29) is 5.91 Å². The molecule has 1 heterocycles. The van der Waals surface area contributed by atoms with Gasteiger partial charge < -0.3 is 19.5 Å². The van der Waals surface area contributed by atoms with Crippen LogP contribution >= 0.6 is 0 Å². The van der Waals surface area contributed by atoms with Gasteiger partial charge in [-0.2, -0.15) is 0 Å². The van der Waals surface area contributed by atoms with Gasteiger partial charge in [-0.15, -0.1) is 0 Å². The van der Waals surface area contributed by atoms with Gasteiger partial charge in [0.15, 0.2) is 6.10 Å². The number of rotatable bonds is 7. The molecule has 1 aromatic carbocycles. The molecular formula is C16H24N2O4. The van der Waals surface area contributed by atoms with Gasteiger partial charge in [0.1, 0.15) is 11.5 Å². The largest absolute Gasteiger partial charge is 0.497 e. The maximum atomic E-state index is 12.0. The van der Waals surface area contributed by atoms with E-state index in [0.29, 0.717) is 12.3 Å². The number of amides is 1. The van der Waals surface area contributed by atoms with Crippen LogP contribution in [0.1, 0.15) is 6.92 Å². The van der Waals surface area contributed by atoms with Crippen LogP contribution < -0.4 is 14.8 Å². The number of nitrogens with zero attached hydrogens (tertiary/aromatic N) is 1. The second kappa shape index (κ2) is 8.60. The standard InChI is InChI=1S/C16H24N2O4/c1-13(22-15-5-3-14(20-2)4-6-15)16(19)17-7-8-18-9-11-21-12-10-18/h3-6,13H,7-12H2,1-2H3,(H,17,19)/t13-/m0/s1. The summed E-state index contributed by atoms with van der Waals surface area (Å²) in [5.41, 5.74) is 0. The van der Waals surface area contributed by atoms with Crippen LogP contribution in [0, 0.1) is 0 Å². The van der Waals surface area contributed by atoms with E-state index in [0.717, 1.165) is 38.6 Å². The van der Waals surface area contributed by atoms with Gasteiger partial charge in [-0.3, -0.25) is 9.69 Å². The zero-order valence-corrected chi connectivity index (χ0v) is 13.2. The van der Waals surface area contributed by atoms with Crippen LogP contribution in [0.5, 0.6) is 11.5 Å². The zero-order valence-electron chi connectivity index (χ0n) is 13.2. The predicted octanol–water partition coefficient (Wildman–Crippen LogP) is 0.911. The molecule has 0 spiro atoms. The molecule has 1 amide bonds. The lowest BCUT2D eigenvalue weighted by atomic mass is 10.3. The molecule has 1 atom stereocenters. The molecule has 0 unspecified atom stereocenters. The summed E-state index contributed by atoms with van der Waals surface area (Å²) in [5, 5.41) is 2.90. The van der Waals surface area contributed by atoms with Crippen molar-refractivity contribution in [3.8, 4) is 11.5 Å². The van der Waals surface area contributed by atoms with E-state index in [1.165, 1.54) is 0 Å². The van der Waals surface area contributed by atoms with Crippen LogP contribution in [0.15, 0.2) is 24.3 Å². The number of hydrogen-bond donors (Lipinski definition) is 1. The van der Waals surface area contributed by atoms with Crippen molar-refractivity contribution in [1.29, 1.82) is 0 Å². The van der Waals surface area contributed by atoms with E-state index in [2.05, 4.69) is 10.2 Å². The lowest BCUT2D eigenvalue weighted by Gasteiger charge is -2.26. The van der Waals surface area contributed by atoms with Gasteiger partial charge in [-0.1, -0.05) is 0 Å². The molecule has 1 aromatic rings. The number of nitrogens with one attached hydrogen (secondary N) is 1. The van der Waals surface area contributed by atoms with Gasteiger partial charge in [0, 0.05) is 26.2 Å². The Balaban J connectivity index is 1.69. The Kier molecular flexibility index (Phi) is 6.48. The molecule has 1 N–H and O–H groups in total. The van der Waals surface area contributed by atoms with Crippen LogP contribution in [-0.4, -0.2) is 63.4 Å². The van der Waals surface area contributed by atoms with Crippen molar-refractivity contribution >= 4 is 5.91 Å².